The predicted molar refractivity (Wildman–Crippen MR) is 89.1 cm³/mol. The lowest BCUT2D eigenvalue weighted by Gasteiger charge is -2.38. The third-order valence-corrected chi connectivity index (χ3v) is 4.38. The Morgan fingerprint density at radius 2 is 1.92 bits per heavy atom. The van der Waals surface area contributed by atoms with Crippen LogP contribution in [0.3, 0.4) is 0 Å². The zero-order valence-corrected chi connectivity index (χ0v) is 13.3. The molecule has 1 aliphatic carbocycles. The van der Waals surface area contributed by atoms with Gasteiger partial charge in [-0.1, -0.05) is 18.2 Å². The highest BCUT2D eigenvalue weighted by molar-refractivity contribution is 6.04. The molecule has 128 valence electrons. The van der Waals surface area contributed by atoms with Gasteiger partial charge in [0.05, 0.1) is 0 Å². The molecule has 3 amide bonds. The maximum absolute atomic E-state index is 11.6. The fraction of sp³-hybridized carbons (Fsp3) is 0.294. The van der Waals surface area contributed by atoms with Crippen LogP contribution in [-0.4, -0.2) is 34.0 Å². The third-order valence-electron chi connectivity index (χ3n) is 4.38. The van der Waals surface area contributed by atoms with Crippen LogP contribution in [0.15, 0.2) is 42.6 Å². The van der Waals surface area contributed by atoms with E-state index >= 15 is 0 Å². The minimum Gasteiger partial charge on any atom is -0.439 e. The van der Waals surface area contributed by atoms with E-state index in [1.54, 1.807) is 12.3 Å². The van der Waals surface area contributed by atoms with Gasteiger partial charge in [0.25, 0.3) is 5.91 Å². The van der Waals surface area contributed by atoms with Crippen molar-refractivity contribution in [1.29, 1.82) is 0 Å². The molecule has 2 aliphatic rings. The summed E-state index contributed by atoms with van der Waals surface area (Å²) in [6.45, 7) is 0. The highest BCUT2D eigenvalue weighted by Gasteiger charge is 2.43. The summed E-state index contributed by atoms with van der Waals surface area (Å²) in [5.74, 6) is 1.54. The van der Waals surface area contributed by atoms with Gasteiger partial charge in [-0.25, -0.2) is 9.78 Å². The zero-order chi connectivity index (χ0) is 17.2. The molecular weight excluding hydrogens is 322 g/mol. The molecule has 2 fully saturated rings. The van der Waals surface area contributed by atoms with Gasteiger partial charge in [-0.05, 0) is 30.9 Å². The van der Waals surface area contributed by atoms with Gasteiger partial charge < -0.3 is 15.4 Å². The lowest BCUT2D eigenvalue weighted by Crippen LogP contribution is -2.48. The van der Waals surface area contributed by atoms with E-state index in [2.05, 4.69) is 25.9 Å². The molecule has 2 aromatic rings. The van der Waals surface area contributed by atoms with Crippen LogP contribution < -0.4 is 20.7 Å². The van der Waals surface area contributed by atoms with E-state index in [-0.39, 0.29) is 17.9 Å². The first-order valence-electron chi connectivity index (χ1n) is 8.11. The second-order valence-electron chi connectivity index (χ2n) is 6.15. The van der Waals surface area contributed by atoms with Crippen LogP contribution in [-0.2, 0) is 4.79 Å². The van der Waals surface area contributed by atoms with Crippen molar-refractivity contribution in [3.05, 3.63) is 42.6 Å². The molecule has 1 saturated carbocycles. The monoisotopic (exact) mass is 339 g/mol. The van der Waals surface area contributed by atoms with Crippen LogP contribution >= 0.6 is 0 Å². The minimum atomic E-state index is -0.431. The van der Waals surface area contributed by atoms with Crippen molar-refractivity contribution in [1.82, 2.24) is 20.6 Å². The van der Waals surface area contributed by atoms with Crippen LogP contribution in [0.1, 0.15) is 12.8 Å². The lowest BCUT2D eigenvalue weighted by atomic mass is 9.75. The van der Waals surface area contributed by atoms with Gasteiger partial charge in [0.15, 0.2) is 0 Å². The highest BCUT2D eigenvalue weighted by atomic mass is 16.5. The molecule has 8 nitrogen and oxygen atoms in total. The van der Waals surface area contributed by atoms with E-state index in [0.717, 1.165) is 12.8 Å². The number of hydrogen-bond acceptors (Lipinski definition) is 6. The predicted octanol–water partition coefficient (Wildman–Crippen LogP) is 1.67. The molecule has 2 heterocycles. The number of amides is 3. The molecule has 4 rings (SSSR count). The van der Waals surface area contributed by atoms with E-state index in [1.807, 2.05) is 30.3 Å². The largest absolute Gasteiger partial charge is 0.439 e. The molecule has 1 aromatic carbocycles. The Hall–Kier alpha value is -3.16. The molecule has 1 aromatic heterocycles. The topological polar surface area (TPSA) is 105 Å². The van der Waals surface area contributed by atoms with Gasteiger partial charge in [-0.3, -0.25) is 10.1 Å². The number of ether oxygens (including phenoxy) is 1. The van der Waals surface area contributed by atoms with Gasteiger partial charge in [0.2, 0.25) is 11.8 Å². The number of imide groups is 1. The number of carbonyl (C=O) groups is 2. The van der Waals surface area contributed by atoms with E-state index in [0.29, 0.717) is 17.6 Å². The summed E-state index contributed by atoms with van der Waals surface area (Å²) < 4.78 is 5.69. The van der Waals surface area contributed by atoms with Crippen LogP contribution in [0.5, 0.6) is 11.6 Å². The summed E-state index contributed by atoms with van der Waals surface area (Å²) in [4.78, 5) is 31.4. The molecule has 3 N–H and O–H groups in total. The van der Waals surface area contributed by atoms with E-state index in [4.69, 9.17) is 4.74 Å². The van der Waals surface area contributed by atoms with Gasteiger partial charge >= 0.3 is 6.03 Å². The minimum absolute atomic E-state index is 0.132. The van der Waals surface area contributed by atoms with E-state index in [9.17, 15) is 9.59 Å². The number of benzene rings is 1. The molecule has 1 unspecified atom stereocenters. The summed E-state index contributed by atoms with van der Waals surface area (Å²) in [5.41, 5.74) is 0. The lowest BCUT2D eigenvalue weighted by molar-refractivity contribution is -0.122. The van der Waals surface area contributed by atoms with Crippen molar-refractivity contribution >= 4 is 17.9 Å². The fourth-order valence-corrected chi connectivity index (χ4v) is 3.08. The molecule has 1 atom stereocenters. The number of nitrogens with one attached hydrogen (secondary N) is 3. The number of anilines is 1. The smallest absolute Gasteiger partial charge is 0.322 e. The fourth-order valence-electron chi connectivity index (χ4n) is 3.08. The van der Waals surface area contributed by atoms with Crippen LogP contribution in [0, 0.1) is 5.92 Å². The zero-order valence-electron chi connectivity index (χ0n) is 13.3. The number of urea groups is 1. The van der Waals surface area contributed by atoms with Crippen molar-refractivity contribution in [2.75, 3.05) is 5.32 Å². The number of hydrogen-bond donors (Lipinski definition) is 3. The summed E-state index contributed by atoms with van der Waals surface area (Å²) in [7, 11) is 0. The Kier molecular flexibility index (Phi) is 3.93. The first kappa shape index (κ1) is 15.4. The molecule has 0 radical (unpaired) electrons. The van der Waals surface area contributed by atoms with Gasteiger partial charge in [-0.2, -0.15) is 4.98 Å². The number of aromatic nitrogens is 2. The number of rotatable bonds is 5. The van der Waals surface area contributed by atoms with Crippen LogP contribution in [0.2, 0.25) is 0 Å². The van der Waals surface area contributed by atoms with Crippen molar-refractivity contribution in [3.63, 3.8) is 0 Å². The van der Waals surface area contributed by atoms with Crippen molar-refractivity contribution in [2.24, 2.45) is 5.92 Å². The van der Waals surface area contributed by atoms with Crippen LogP contribution in [0.25, 0.3) is 0 Å². The second kappa shape index (κ2) is 6.39. The molecular formula is C17H17N5O3. The number of para-hydroxylation sites is 1. The molecule has 0 bridgehead atoms. The van der Waals surface area contributed by atoms with Crippen molar-refractivity contribution in [2.45, 2.75) is 24.9 Å². The number of carbonyl (C=O) groups excluding carboxylic acids is 2. The Morgan fingerprint density at radius 1 is 1.12 bits per heavy atom. The Labute approximate surface area is 144 Å². The number of nitrogens with zero attached hydrogens (tertiary/aromatic N) is 2. The SMILES string of the molecule is O=C1NC(=O)C(C2CC(Nc3nccc(Oc4ccccc4)n3)C2)N1. The summed E-state index contributed by atoms with van der Waals surface area (Å²) >= 11 is 0. The normalized spacial score (nSPS) is 24.9. The van der Waals surface area contributed by atoms with Crippen molar-refractivity contribution < 1.29 is 14.3 Å². The second-order valence-corrected chi connectivity index (χ2v) is 6.15. The van der Waals surface area contributed by atoms with Crippen LogP contribution in [0.4, 0.5) is 10.7 Å². The van der Waals surface area contributed by atoms with Crippen molar-refractivity contribution in [3.8, 4) is 11.6 Å². The quantitative estimate of drug-likeness (QED) is 0.716. The molecule has 25 heavy (non-hydrogen) atoms. The maximum Gasteiger partial charge on any atom is 0.322 e. The Bertz CT molecular complexity index is 792. The summed E-state index contributed by atoms with van der Waals surface area (Å²) in [6.07, 6.45) is 3.17. The third kappa shape index (κ3) is 3.37. The molecule has 0 spiro atoms. The van der Waals surface area contributed by atoms with Gasteiger partial charge in [-0.15, -0.1) is 0 Å². The molecule has 8 heteroatoms. The Morgan fingerprint density at radius 3 is 2.64 bits per heavy atom. The maximum atomic E-state index is 11.6. The first-order chi connectivity index (χ1) is 12.2. The first-order valence-corrected chi connectivity index (χ1v) is 8.11. The average Bonchev–Trinajstić information content (AvgIpc) is 2.90. The van der Waals surface area contributed by atoms with E-state index in [1.165, 1.54) is 0 Å². The molecule has 1 aliphatic heterocycles. The van der Waals surface area contributed by atoms with E-state index < -0.39 is 12.1 Å². The van der Waals surface area contributed by atoms with Gasteiger partial charge in [0.1, 0.15) is 11.8 Å². The molecule has 1 saturated heterocycles. The summed E-state index contributed by atoms with van der Waals surface area (Å²) in [5, 5.41) is 8.15. The standard InChI is InChI=1S/C17H17N5O3/c23-15-14(21-17(24)22-15)10-8-11(9-10)19-16-18-7-6-13(20-16)25-12-4-2-1-3-5-12/h1-7,10-11,14H,8-9H2,(H,18,19,20)(H2,21,22,23,24). The Balaban J connectivity index is 1.33. The van der Waals surface area contributed by atoms with Gasteiger partial charge in [0, 0.05) is 18.3 Å². The average molecular weight is 339 g/mol. The summed E-state index contributed by atoms with van der Waals surface area (Å²) in [6, 6.07) is 10.4. The highest BCUT2D eigenvalue weighted by Crippen LogP contribution is 2.33.